The van der Waals surface area contributed by atoms with Crippen molar-refractivity contribution in [2.75, 3.05) is 13.6 Å². The molecule has 4 unspecified atom stereocenters. The molecule has 2 rings (SSSR count). The molecule has 110 valence electrons. The Labute approximate surface area is 116 Å². The van der Waals surface area contributed by atoms with E-state index in [-0.39, 0.29) is 18.1 Å². The van der Waals surface area contributed by atoms with Crippen LogP contribution in [0.25, 0.3) is 0 Å². The molecule has 2 amide bonds. The van der Waals surface area contributed by atoms with E-state index in [4.69, 9.17) is 0 Å². The van der Waals surface area contributed by atoms with Gasteiger partial charge in [-0.05, 0) is 46.0 Å². The van der Waals surface area contributed by atoms with Gasteiger partial charge in [-0.3, -0.25) is 0 Å². The number of urea groups is 1. The average molecular weight is 268 g/mol. The van der Waals surface area contributed by atoms with E-state index in [2.05, 4.69) is 13.8 Å². The zero-order valence-corrected chi connectivity index (χ0v) is 12.5. The highest BCUT2D eigenvalue weighted by molar-refractivity contribution is 5.75. The summed E-state index contributed by atoms with van der Waals surface area (Å²) in [6, 6.07) is 0.818. The number of piperidine rings is 1. The fraction of sp³-hybridized carbons (Fsp3) is 0.933. The SMILES string of the molecule is CC1CCCC(C)N1C(=O)N(C)CC1CCCC1O. The maximum Gasteiger partial charge on any atom is 0.320 e. The van der Waals surface area contributed by atoms with Crippen LogP contribution >= 0.6 is 0 Å². The summed E-state index contributed by atoms with van der Waals surface area (Å²) >= 11 is 0. The van der Waals surface area contributed by atoms with Crippen molar-refractivity contribution in [3.8, 4) is 0 Å². The van der Waals surface area contributed by atoms with Gasteiger partial charge in [0.2, 0.25) is 0 Å². The van der Waals surface area contributed by atoms with Crippen molar-refractivity contribution in [1.29, 1.82) is 0 Å². The quantitative estimate of drug-likeness (QED) is 0.836. The fourth-order valence-corrected chi connectivity index (χ4v) is 3.66. The number of carbonyl (C=O) groups is 1. The highest BCUT2D eigenvalue weighted by Gasteiger charge is 2.33. The molecule has 4 nitrogen and oxygen atoms in total. The maximum absolute atomic E-state index is 12.6. The number of hydrogen-bond donors (Lipinski definition) is 1. The molecule has 1 saturated heterocycles. The first-order chi connectivity index (χ1) is 9.00. The second kappa shape index (κ2) is 6.12. The van der Waals surface area contributed by atoms with Crippen molar-refractivity contribution in [3.05, 3.63) is 0 Å². The summed E-state index contributed by atoms with van der Waals surface area (Å²) in [7, 11) is 1.88. The first-order valence-electron chi connectivity index (χ1n) is 7.72. The van der Waals surface area contributed by atoms with Crippen molar-refractivity contribution in [2.24, 2.45) is 5.92 Å². The minimum atomic E-state index is -0.216. The summed E-state index contributed by atoms with van der Waals surface area (Å²) in [5.74, 6) is 0.268. The minimum Gasteiger partial charge on any atom is -0.393 e. The van der Waals surface area contributed by atoms with Crippen LogP contribution in [-0.2, 0) is 0 Å². The van der Waals surface area contributed by atoms with E-state index in [1.165, 1.54) is 6.42 Å². The van der Waals surface area contributed by atoms with E-state index >= 15 is 0 Å². The minimum absolute atomic E-state index is 0.138. The Morgan fingerprint density at radius 2 is 1.74 bits per heavy atom. The van der Waals surface area contributed by atoms with Gasteiger partial charge in [-0.2, -0.15) is 0 Å². The summed E-state index contributed by atoms with van der Waals surface area (Å²) in [5, 5.41) is 9.88. The van der Waals surface area contributed by atoms with E-state index in [9.17, 15) is 9.90 Å². The summed E-state index contributed by atoms with van der Waals surface area (Å²) < 4.78 is 0. The molecule has 1 heterocycles. The van der Waals surface area contributed by atoms with E-state index in [1.807, 2.05) is 16.8 Å². The van der Waals surface area contributed by atoms with E-state index in [0.29, 0.717) is 18.6 Å². The molecule has 0 bridgehead atoms. The highest BCUT2D eigenvalue weighted by Crippen LogP contribution is 2.28. The maximum atomic E-state index is 12.6. The van der Waals surface area contributed by atoms with Crippen molar-refractivity contribution in [1.82, 2.24) is 9.80 Å². The van der Waals surface area contributed by atoms with Crippen LogP contribution < -0.4 is 0 Å². The molecular formula is C15H28N2O2. The Hall–Kier alpha value is -0.770. The van der Waals surface area contributed by atoms with Crippen LogP contribution in [0.4, 0.5) is 4.79 Å². The third kappa shape index (κ3) is 3.22. The molecule has 0 aromatic carbocycles. The van der Waals surface area contributed by atoms with Crippen LogP contribution in [0.3, 0.4) is 0 Å². The lowest BCUT2D eigenvalue weighted by molar-refractivity contribution is 0.0794. The molecule has 0 aromatic rings. The lowest BCUT2D eigenvalue weighted by Crippen LogP contribution is -2.53. The van der Waals surface area contributed by atoms with Gasteiger partial charge in [0.25, 0.3) is 0 Å². The van der Waals surface area contributed by atoms with Gasteiger partial charge in [-0.15, -0.1) is 0 Å². The van der Waals surface area contributed by atoms with E-state index in [0.717, 1.165) is 32.1 Å². The Morgan fingerprint density at radius 3 is 2.26 bits per heavy atom. The Bertz CT molecular complexity index is 311. The number of nitrogens with zero attached hydrogens (tertiary/aromatic N) is 2. The summed E-state index contributed by atoms with van der Waals surface area (Å²) in [4.78, 5) is 16.4. The molecule has 0 aromatic heterocycles. The Morgan fingerprint density at radius 1 is 1.16 bits per heavy atom. The molecule has 19 heavy (non-hydrogen) atoms. The van der Waals surface area contributed by atoms with Gasteiger partial charge in [0.15, 0.2) is 0 Å². The molecule has 0 radical (unpaired) electrons. The molecule has 1 aliphatic carbocycles. The number of carbonyl (C=O) groups excluding carboxylic acids is 1. The predicted molar refractivity (Wildman–Crippen MR) is 76.0 cm³/mol. The third-order valence-electron chi connectivity index (χ3n) is 4.87. The monoisotopic (exact) mass is 268 g/mol. The van der Waals surface area contributed by atoms with Crippen molar-refractivity contribution in [3.63, 3.8) is 0 Å². The lowest BCUT2D eigenvalue weighted by atomic mass is 9.98. The lowest BCUT2D eigenvalue weighted by Gasteiger charge is -2.41. The predicted octanol–water partition coefficient (Wildman–Crippen LogP) is 2.46. The van der Waals surface area contributed by atoms with Crippen molar-refractivity contribution < 1.29 is 9.90 Å². The molecule has 1 saturated carbocycles. The van der Waals surface area contributed by atoms with Crippen LogP contribution in [0.2, 0.25) is 0 Å². The summed E-state index contributed by atoms with van der Waals surface area (Å²) in [5.41, 5.74) is 0. The number of hydrogen-bond acceptors (Lipinski definition) is 2. The van der Waals surface area contributed by atoms with Gasteiger partial charge in [-0.25, -0.2) is 4.79 Å². The average Bonchev–Trinajstić information content (AvgIpc) is 2.74. The van der Waals surface area contributed by atoms with E-state index < -0.39 is 0 Å². The molecule has 4 heteroatoms. The molecular weight excluding hydrogens is 240 g/mol. The van der Waals surface area contributed by atoms with Crippen LogP contribution in [0.15, 0.2) is 0 Å². The van der Waals surface area contributed by atoms with Gasteiger partial charge >= 0.3 is 6.03 Å². The topological polar surface area (TPSA) is 43.8 Å². The molecule has 2 aliphatic rings. The van der Waals surface area contributed by atoms with Gasteiger partial charge in [0.1, 0.15) is 0 Å². The first-order valence-corrected chi connectivity index (χ1v) is 7.72. The van der Waals surface area contributed by atoms with Crippen LogP contribution in [0.5, 0.6) is 0 Å². The fourth-order valence-electron chi connectivity index (χ4n) is 3.66. The largest absolute Gasteiger partial charge is 0.393 e. The summed E-state index contributed by atoms with van der Waals surface area (Å²) in [6.07, 6.45) is 6.24. The smallest absolute Gasteiger partial charge is 0.320 e. The highest BCUT2D eigenvalue weighted by atomic mass is 16.3. The van der Waals surface area contributed by atoms with Gasteiger partial charge in [0, 0.05) is 31.6 Å². The standard InChI is InChI=1S/C15H28N2O2/c1-11-6-4-7-12(2)17(11)15(19)16(3)10-13-8-5-9-14(13)18/h11-14,18H,4-10H2,1-3H3. The second-order valence-electron chi connectivity index (χ2n) is 6.46. The van der Waals surface area contributed by atoms with E-state index in [1.54, 1.807) is 0 Å². The van der Waals surface area contributed by atoms with Gasteiger partial charge < -0.3 is 14.9 Å². The Balaban J connectivity index is 1.93. The van der Waals surface area contributed by atoms with Crippen molar-refractivity contribution >= 4 is 6.03 Å². The molecule has 1 aliphatic heterocycles. The summed E-state index contributed by atoms with van der Waals surface area (Å²) in [6.45, 7) is 4.98. The molecule has 2 fully saturated rings. The first kappa shape index (κ1) is 14.6. The molecule has 0 spiro atoms. The van der Waals surface area contributed by atoms with Crippen LogP contribution in [0.1, 0.15) is 52.4 Å². The zero-order valence-electron chi connectivity index (χ0n) is 12.5. The second-order valence-corrected chi connectivity index (χ2v) is 6.46. The van der Waals surface area contributed by atoms with Crippen LogP contribution in [-0.4, -0.2) is 52.7 Å². The van der Waals surface area contributed by atoms with Crippen LogP contribution in [0, 0.1) is 5.92 Å². The van der Waals surface area contributed by atoms with Crippen molar-refractivity contribution in [2.45, 2.75) is 70.6 Å². The normalized spacial score (nSPS) is 35.5. The zero-order chi connectivity index (χ0) is 14.0. The molecule has 1 N–H and O–H groups in total. The number of aliphatic hydroxyl groups is 1. The number of amides is 2. The third-order valence-corrected chi connectivity index (χ3v) is 4.87. The number of rotatable bonds is 2. The van der Waals surface area contributed by atoms with Gasteiger partial charge in [-0.1, -0.05) is 6.42 Å². The number of likely N-dealkylation sites (tertiary alicyclic amines) is 1. The number of aliphatic hydroxyl groups excluding tert-OH is 1. The molecule has 4 atom stereocenters. The Kier molecular flexibility index (Phi) is 4.71. The van der Waals surface area contributed by atoms with Gasteiger partial charge in [0.05, 0.1) is 6.10 Å².